The van der Waals surface area contributed by atoms with Crippen LogP contribution in [0.15, 0.2) is 205 Å². The highest BCUT2D eigenvalue weighted by Gasteiger charge is 2.20. The first-order chi connectivity index (χ1) is 28.3. The molecule has 57 heavy (non-hydrogen) atoms. The molecular formula is C53H33N3O. The minimum Gasteiger partial charge on any atom is -0.456 e. The molecule has 0 aliphatic rings. The molecule has 2 heterocycles. The van der Waals surface area contributed by atoms with Gasteiger partial charge in [-0.25, -0.2) is 15.0 Å². The molecule has 266 valence electrons. The van der Waals surface area contributed by atoms with Crippen LogP contribution in [0.25, 0.3) is 111 Å². The summed E-state index contributed by atoms with van der Waals surface area (Å²) in [6.45, 7) is 0. The molecule has 0 spiro atoms. The van der Waals surface area contributed by atoms with Crippen LogP contribution in [0.1, 0.15) is 0 Å². The van der Waals surface area contributed by atoms with E-state index < -0.39 is 0 Å². The molecule has 0 bridgehead atoms. The lowest BCUT2D eigenvalue weighted by Gasteiger charge is -2.20. The fourth-order valence-corrected chi connectivity index (χ4v) is 8.29. The van der Waals surface area contributed by atoms with E-state index in [0.717, 1.165) is 49.8 Å². The van der Waals surface area contributed by atoms with Crippen LogP contribution < -0.4 is 0 Å². The Morgan fingerprint density at radius 1 is 0.263 bits per heavy atom. The van der Waals surface area contributed by atoms with Crippen LogP contribution in [0.3, 0.4) is 0 Å². The molecule has 0 saturated carbocycles. The summed E-state index contributed by atoms with van der Waals surface area (Å²) in [7, 11) is 0. The highest BCUT2D eigenvalue weighted by atomic mass is 16.3. The minimum absolute atomic E-state index is 0.590. The van der Waals surface area contributed by atoms with Gasteiger partial charge in [-0.2, -0.15) is 0 Å². The molecule has 4 heteroatoms. The van der Waals surface area contributed by atoms with Crippen molar-refractivity contribution in [3.8, 4) is 67.5 Å². The summed E-state index contributed by atoms with van der Waals surface area (Å²) >= 11 is 0. The van der Waals surface area contributed by atoms with Crippen molar-refractivity contribution in [2.45, 2.75) is 0 Å². The maximum Gasteiger partial charge on any atom is 0.164 e. The average Bonchev–Trinajstić information content (AvgIpc) is 3.67. The third-order valence-electron chi connectivity index (χ3n) is 11.0. The molecule has 0 aliphatic heterocycles. The van der Waals surface area contributed by atoms with E-state index in [1.165, 1.54) is 43.8 Å². The summed E-state index contributed by atoms with van der Waals surface area (Å²) in [4.78, 5) is 15.1. The van der Waals surface area contributed by atoms with E-state index in [1.54, 1.807) is 0 Å². The van der Waals surface area contributed by atoms with Gasteiger partial charge in [-0.1, -0.05) is 182 Å². The van der Waals surface area contributed by atoms with E-state index in [4.69, 9.17) is 19.4 Å². The predicted octanol–water partition coefficient (Wildman–Crippen LogP) is 14.1. The largest absolute Gasteiger partial charge is 0.456 e. The van der Waals surface area contributed by atoms with Gasteiger partial charge in [-0.15, -0.1) is 0 Å². The molecule has 0 amide bonds. The van der Waals surface area contributed by atoms with E-state index >= 15 is 0 Å². The van der Waals surface area contributed by atoms with Crippen LogP contribution in [0, 0.1) is 0 Å². The zero-order chi connectivity index (χ0) is 37.7. The molecule has 0 N–H and O–H groups in total. The summed E-state index contributed by atoms with van der Waals surface area (Å²) in [6.07, 6.45) is 0. The van der Waals surface area contributed by atoms with Crippen molar-refractivity contribution >= 4 is 43.5 Å². The van der Waals surface area contributed by atoms with E-state index in [1.807, 2.05) is 54.6 Å². The first-order valence-corrected chi connectivity index (χ1v) is 19.2. The van der Waals surface area contributed by atoms with Crippen LogP contribution in [0.4, 0.5) is 0 Å². The number of hydrogen-bond donors (Lipinski definition) is 0. The minimum atomic E-state index is 0.590. The van der Waals surface area contributed by atoms with Crippen LogP contribution >= 0.6 is 0 Å². The maximum absolute atomic E-state index is 6.25. The molecule has 4 nitrogen and oxygen atoms in total. The molecule has 0 fully saturated rings. The summed E-state index contributed by atoms with van der Waals surface area (Å²) in [5, 5.41) is 7.12. The number of aromatic nitrogens is 3. The van der Waals surface area contributed by atoms with Gasteiger partial charge in [0.2, 0.25) is 0 Å². The number of para-hydroxylation sites is 1. The number of rotatable bonds is 6. The number of hydrogen-bond acceptors (Lipinski definition) is 4. The number of fused-ring (bicyclic) bond motifs is 6. The second-order valence-corrected chi connectivity index (χ2v) is 14.3. The molecule has 0 atom stereocenters. The normalized spacial score (nSPS) is 11.5. The number of furan rings is 1. The lowest BCUT2D eigenvalue weighted by Crippen LogP contribution is -2.00. The fourth-order valence-electron chi connectivity index (χ4n) is 8.29. The Morgan fingerprint density at radius 2 is 0.702 bits per heavy atom. The van der Waals surface area contributed by atoms with Crippen LogP contribution in [0.5, 0.6) is 0 Å². The molecule has 11 aromatic rings. The van der Waals surface area contributed by atoms with Gasteiger partial charge in [0.15, 0.2) is 17.5 Å². The van der Waals surface area contributed by atoms with Crippen molar-refractivity contribution in [1.29, 1.82) is 0 Å². The molecule has 0 saturated heterocycles. The third kappa shape index (κ3) is 5.66. The molecule has 11 rings (SSSR count). The quantitative estimate of drug-likeness (QED) is 0.160. The molecule has 0 unspecified atom stereocenters. The molecule has 0 aliphatic carbocycles. The van der Waals surface area contributed by atoms with Crippen molar-refractivity contribution in [2.75, 3.05) is 0 Å². The van der Waals surface area contributed by atoms with Crippen molar-refractivity contribution in [3.63, 3.8) is 0 Å². The van der Waals surface area contributed by atoms with Crippen molar-refractivity contribution in [2.24, 2.45) is 0 Å². The molecule has 9 aromatic carbocycles. The second kappa shape index (κ2) is 13.6. The lowest BCUT2D eigenvalue weighted by molar-refractivity contribution is 0.669. The summed E-state index contributed by atoms with van der Waals surface area (Å²) in [5.41, 5.74) is 11.5. The Kier molecular flexibility index (Phi) is 7.78. The van der Waals surface area contributed by atoms with Crippen LogP contribution in [0.2, 0.25) is 0 Å². The zero-order valence-corrected chi connectivity index (χ0v) is 30.8. The third-order valence-corrected chi connectivity index (χ3v) is 11.0. The van der Waals surface area contributed by atoms with Gasteiger partial charge in [-0.05, 0) is 73.1 Å². The Bertz CT molecular complexity index is 3280. The topological polar surface area (TPSA) is 51.8 Å². The molecule has 2 aromatic heterocycles. The van der Waals surface area contributed by atoms with Gasteiger partial charge in [0, 0.05) is 27.5 Å². The van der Waals surface area contributed by atoms with E-state index in [-0.39, 0.29) is 0 Å². The molecule has 0 radical (unpaired) electrons. The highest BCUT2D eigenvalue weighted by Crippen LogP contribution is 2.47. The summed E-state index contributed by atoms with van der Waals surface area (Å²) in [6, 6.07) is 70.1. The Hall–Kier alpha value is -7.69. The summed E-state index contributed by atoms with van der Waals surface area (Å²) < 4.78 is 6.25. The van der Waals surface area contributed by atoms with Crippen molar-refractivity contribution in [3.05, 3.63) is 200 Å². The van der Waals surface area contributed by atoms with Crippen molar-refractivity contribution in [1.82, 2.24) is 15.0 Å². The second-order valence-electron chi connectivity index (χ2n) is 14.3. The maximum atomic E-state index is 6.25. The van der Waals surface area contributed by atoms with Gasteiger partial charge in [0.25, 0.3) is 0 Å². The summed E-state index contributed by atoms with van der Waals surface area (Å²) in [5.74, 6) is 1.81. The lowest BCUT2D eigenvalue weighted by atomic mass is 9.82. The predicted molar refractivity (Wildman–Crippen MR) is 235 cm³/mol. The SMILES string of the molecule is c1ccc(-c2nc(-c3ccc(-c4ccccc4-c4c(-c5ccccc5)c5ccccc5c5ccccc45)cc3)nc(-c3ccc4c(c3)oc3ccccc34)n2)cc1. The Balaban J connectivity index is 1.06. The average molecular weight is 728 g/mol. The molecular weight excluding hydrogens is 695 g/mol. The smallest absolute Gasteiger partial charge is 0.164 e. The number of benzene rings is 9. The zero-order valence-electron chi connectivity index (χ0n) is 30.8. The van der Waals surface area contributed by atoms with Crippen LogP contribution in [-0.4, -0.2) is 15.0 Å². The van der Waals surface area contributed by atoms with Crippen LogP contribution in [-0.2, 0) is 0 Å². The Labute approximate surface area is 329 Å². The Morgan fingerprint density at radius 3 is 1.37 bits per heavy atom. The first-order valence-electron chi connectivity index (χ1n) is 19.2. The van der Waals surface area contributed by atoms with E-state index in [9.17, 15) is 0 Å². The van der Waals surface area contributed by atoms with Gasteiger partial charge < -0.3 is 4.42 Å². The number of nitrogens with zero attached hydrogens (tertiary/aromatic N) is 3. The standard InChI is InChI=1S/C53H33N3O/c1-3-15-35(16-4-1)49-45-24-11-8-20-40(45)41-21-9-12-25-46(41)50(49)44-23-10-7-19-39(44)34-27-29-37(30-28-34)52-54-51(36-17-5-2-6-18-36)55-53(56-52)38-31-32-43-42-22-13-14-26-47(42)57-48(43)33-38/h1-33H. The van der Waals surface area contributed by atoms with E-state index in [2.05, 4.69) is 146 Å². The van der Waals surface area contributed by atoms with Gasteiger partial charge in [-0.3, -0.25) is 0 Å². The monoisotopic (exact) mass is 727 g/mol. The van der Waals surface area contributed by atoms with E-state index in [0.29, 0.717) is 17.5 Å². The van der Waals surface area contributed by atoms with Gasteiger partial charge in [0.05, 0.1) is 0 Å². The fraction of sp³-hybridized carbons (Fsp3) is 0. The van der Waals surface area contributed by atoms with Gasteiger partial charge in [0.1, 0.15) is 11.2 Å². The van der Waals surface area contributed by atoms with Gasteiger partial charge >= 0.3 is 0 Å². The highest BCUT2D eigenvalue weighted by molar-refractivity contribution is 6.22. The first kappa shape index (κ1) is 32.7. The van der Waals surface area contributed by atoms with Crippen molar-refractivity contribution < 1.29 is 4.42 Å².